The van der Waals surface area contributed by atoms with Gasteiger partial charge in [0.25, 0.3) is 0 Å². The molecular formula is C24H36N6O2. The summed E-state index contributed by atoms with van der Waals surface area (Å²) < 4.78 is 10.8. The van der Waals surface area contributed by atoms with Gasteiger partial charge in [-0.15, -0.1) is 0 Å². The molecular weight excluding hydrogens is 404 g/mol. The number of anilines is 1. The van der Waals surface area contributed by atoms with Crippen molar-refractivity contribution >= 4 is 11.8 Å². The van der Waals surface area contributed by atoms with Crippen LogP contribution in [0.1, 0.15) is 18.1 Å². The number of likely N-dealkylation sites (N-methyl/N-ethyl adjacent to an activating group) is 1. The average molecular weight is 441 g/mol. The molecule has 0 spiro atoms. The van der Waals surface area contributed by atoms with Crippen molar-refractivity contribution in [3.05, 3.63) is 47.7 Å². The Labute approximate surface area is 191 Å². The van der Waals surface area contributed by atoms with E-state index in [1.54, 1.807) is 21.3 Å². The monoisotopic (exact) mass is 440 g/mol. The molecule has 1 N–H and O–H groups in total. The standard InChI is InChI=1S/C24H36N6O2/c1-6-29-11-13-30(14-12-29)23-15-19(9-10-26-23)17-27-24(25-2)28(3)18-20-7-8-21(31-4)16-22(20)32-5/h7-10,15-16H,6,11-14,17-18H2,1-5H3,(H,25,27). The lowest BCUT2D eigenvalue weighted by Crippen LogP contribution is -2.46. The molecule has 32 heavy (non-hydrogen) atoms. The highest BCUT2D eigenvalue weighted by atomic mass is 16.5. The van der Waals surface area contributed by atoms with Gasteiger partial charge in [-0.25, -0.2) is 4.98 Å². The van der Waals surface area contributed by atoms with Crippen molar-refractivity contribution in [1.29, 1.82) is 0 Å². The SMILES string of the molecule is CCN1CCN(c2cc(CNC(=NC)N(C)Cc3ccc(OC)cc3OC)ccn2)CC1. The summed E-state index contributed by atoms with van der Waals surface area (Å²) in [6.07, 6.45) is 1.90. The number of guanidine groups is 1. The summed E-state index contributed by atoms with van der Waals surface area (Å²) in [5, 5.41) is 3.47. The summed E-state index contributed by atoms with van der Waals surface area (Å²) in [5.41, 5.74) is 2.25. The van der Waals surface area contributed by atoms with E-state index in [0.29, 0.717) is 13.1 Å². The number of hydrogen-bond acceptors (Lipinski definition) is 6. The molecule has 2 heterocycles. The van der Waals surface area contributed by atoms with Gasteiger partial charge in [0, 0.05) is 71.2 Å². The number of rotatable bonds is 8. The molecule has 0 unspecified atom stereocenters. The van der Waals surface area contributed by atoms with Gasteiger partial charge in [-0.3, -0.25) is 4.99 Å². The van der Waals surface area contributed by atoms with E-state index in [1.807, 2.05) is 31.4 Å². The van der Waals surface area contributed by atoms with Crippen LogP contribution in [0.4, 0.5) is 5.82 Å². The highest BCUT2D eigenvalue weighted by Crippen LogP contribution is 2.25. The third-order valence-electron chi connectivity index (χ3n) is 5.88. The zero-order chi connectivity index (χ0) is 22.9. The minimum Gasteiger partial charge on any atom is -0.497 e. The van der Waals surface area contributed by atoms with E-state index in [0.717, 1.165) is 61.6 Å². The van der Waals surface area contributed by atoms with Crippen molar-refractivity contribution in [2.24, 2.45) is 4.99 Å². The number of nitrogens with one attached hydrogen (secondary N) is 1. The van der Waals surface area contributed by atoms with Crippen LogP contribution in [0.2, 0.25) is 0 Å². The maximum atomic E-state index is 5.53. The highest BCUT2D eigenvalue weighted by molar-refractivity contribution is 5.79. The normalized spacial score (nSPS) is 14.9. The smallest absolute Gasteiger partial charge is 0.193 e. The average Bonchev–Trinajstić information content (AvgIpc) is 2.85. The van der Waals surface area contributed by atoms with Crippen molar-refractivity contribution in [1.82, 2.24) is 20.1 Å². The zero-order valence-electron chi connectivity index (χ0n) is 20.0. The first kappa shape index (κ1) is 23.7. The Kier molecular flexibility index (Phi) is 8.56. The number of nitrogens with zero attached hydrogens (tertiary/aromatic N) is 5. The molecule has 1 aliphatic heterocycles. The van der Waals surface area contributed by atoms with Gasteiger partial charge in [0.15, 0.2) is 5.96 Å². The fourth-order valence-electron chi connectivity index (χ4n) is 3.92. The summed E-state index contributed by atoms with van der Waals surface area (Å²) >= 11 is 0. The number of aromatic nitrogens is 1. The van der Waals surface area contributed by atoms with Crippen LogP contribution in [0.5, 0.6) is 11.5 Å². The minimum absolute atomic E-state index is 0.663. The second kappa shape index (κ2) is 11.6. The van der Waals surface area contributed by atoms with Crippen LogP contribution in [0.25, 0.3) is 0 Å². The molecule has 0 radical (unpaired) electrons. The Balaban J connectivity index is 1.60. The number of aliphatic imine (C=N–C) groups is 1. The third-order valence-corrected chi connectivity index (χ3v) is 5.88. The van der Waals surface area contributed by atoms with Crippen molar-refractivity contribution in [3.8, 4) is 11.5 Å². The molecule has 0 atom stereocenters. The summed E-state index contributed by atoms with van der Waals surface area (Å²) in [4.78, 5) is 16.0. The molecule has 1 saturated heterocycles. The van der Waals surface area contributed by atoms with Gasteiger partial charge in [0.05, 0.1) is 14.2 Å². The van der Waals surface area contributed by atoms with E-state index < -0.39 is 0 Å². The number of benzene rings is 1. The summed E-state index contributed by atoms with van der Waals surface area (Å²) in [5.74, 6) is 3.44. The maximum absolute atomic E-state index is 5.53. The van der Waals surface area contributed by atoms with Crippen LogP contribution in [0, 0.1) is 0 Å². The Morgan fingerprint density at radius 2 is 1.91 bits per heavy atom. The van der Waals surface area contributed by atoms with Crippen molar-refractivity contribution in [2.75, 3.05) is 65.9 Å². The van der Waals surface area contributed by atoms with E-state index in [9.17, 15) is 0 Å². The van der Waals surface area contributed by atoms with Gasteiger partial charge in [-0.1, -0.05) is 6.92 Å². The van der Waals surface area contributed by atoms with Gasteiger partial charge in [-0.05, 0) is 36.4 Å². The Bertz CT molecular complexity index is 896. The number of methoxy groups -OCH3 is 2. The van der Waals surface area contributed by atoms with Crippen LogP contribution < -0.4 is 19.7 Å². The Hall–Kier alpha value is -3.00. The fraction of sp³-hybridized carbons (Fsp3) is 0.500. The number of ether oxygens (including phenoxy) is 2. The first-order chi connectivity index (χ1) is 15.6. The number of hydrogen-bond donors (Lipinski definition) is 1. The molecule has 3 rings (SSSR count). The van der Waals surface area contributed by atoms with E-state index in [4.69, 9.17) is 9.47 Å². The molecule has 1 aromatic heterocycles. The second-order valence-electron chi connectivity index (χ2n) is 7.88. The molecule has 0 bridgehead atoms. The van der Waals surface area contributed by atoms with E-state index in [1.165, 1.54) is 5.56 Å². The van der Waals surface area contributed by atoms with Gasteiger partial charge >= 0.3 is 0 Å². The van der Waals surface area contributed by atoms with Crippen LogP contribution in [0.15, 0.2) is 41.5 Å². The number of piperazine rings is 1. The van der Waals surface area contributed by atoms with E-state index in [-0.39, 0.29) is 0 Å². The van der Waals surface area contributed by atoms with Crippen molar-refractivity contribution in [3.63, 3.8) is 0 Å². The largest absolute Gasteiger partial charge is 0.497 e. The predicted molar refractivity (Wildman–Crippen MR) is 130 cm³/mol. The minimum atomic E-state index is 0.663. The second-order valence-corrected chi connectivity index (χ2v) is 7.88. The molecule has 0 amide bonds. The highest BCUT2D eigenvalue weighted by Gasteiger charge is 2.17. The van der Waals surface area contributed by atoms with Crippen LogP contribution >= 0.6 is 0 Å². The van der Waals surface area contributed by atoms with Gasteiger partial charge in [-0.2, -0.15) is 0 Å². The van der Waals surface area contributed by atoms with Gasteiger partial charge in [0.2, 0.25) is 0 Å². The molecule has 0 aliphatic carbocycles. The first-order valence-electron chi connectivity index (χ1n) is 11.1. The zero-order valence-corrected chi connectivity index (χ0v) is 20.0. The fourth-order valence-corrected chi connectivity index (χ4v) is 3.92. The molecule has 1 fully saturated rings. The lowest BCUT2D eigenvalue weighted by Gasteiger charge is -2.34. The first-order valence-corrected chi connectivity index (χ1v) is 11.1. The number of pyridine rings is 1. The maximum Gasteiger partial charge on any atom is 0.193 e. The van der Waals surface area contributed by atoms with E-state index >= 15 is 0 Å². The Morgan fingerprint density at radius 3 is 2.56 bits per heavy atom. The summed E-state index contributed by atoms with van der Waals surface area (Å²) in [6.45, 7) is 8.89. The van der Waals surface area contributed by atoms with Gasteiger partial charge in [0.1, 0.15) is 17.3 Å². The molecule has 0 saturated carbocycles. The predicted octanol–water partition coefficient (Wildman–Crippen LogP) is 2.45. The quantitative estimate of drug-likeness (QED) is 0.500. The summed E-state index contributed by atoms with van der Waals surface area (Å²) in [6, 6.07) is 10.1. The van der Waals surface area contributed by atoms with E-state index in [2.05, 4.69) is 49.0 Å². The molecule has 1 aliphatic rings. The lowest BCUT2D eigenvalue weighted by atomic mass is 10.2. The van der Waals surface area contributed by atoms with Crippen LogP contribution in [-0.2, 0) is 13.1 Å². The summed E-state index contributed by atoms with van der Waals surface area (Å²) in [7, 11) is 7.15. The molecule has 8 heteroatoms. The third kappa shape index (κ3) is 6.03. The van der Waals surface area contributed by atoms with Crippen molar-refractivity contribution < 1.29 is 9.47 Å². The molecule has 174 valence electrons. The van der Waals surface area contributed by atoms with Crippen molar-refractivity contribution in [2.45, 2.75) is 20.0 Å². The molecule has 1 aromatic carbocycles. The van der Waals surface area contributed by atoms with Crippen LogP contribution in [0.3, 0.4) is 0 Å². The Morgan fingerprint density at radius 1 is 1.12 bits per heavy atom. The topological polar surface area (TPSA) is 65.5 Å². The molecule has 2 aromatic rings. The molecule has 8 nitrogen and oxygen atoms in total. The van der Waals surface area contributed by atoms with Gasteiger partial charge < -0.3 is 29.5 Å². The lowest BCUT2D eigenvalue weighted by molar-refractivity contribution is 0.270. The van der Waals surface area contributed by atoms with Crippen LogP contribution in [-0.4, -0.2) is 81.8 Å².